The maximum Gasteiger partial charge on any atom is 0.332 e. The summed E-state index contributed by atoms with van der Waals surface area (Å²) in [6.45, 7) is 9.17. The average molecular weight is 538 g/mol. The number of rotatable bonds is 9. The van der Waals surface area contributed by atoms with Gasteiger partial charge in [-0.2, -0.15) is 0 Å². The molecule has 0 radical (unpaired) electrons. The van der Waals surface area contributed by atoms with Crippen LogP contribution in [0.5, 0.6) is 0 Å². The fourth-order valence-corrected chi connectivity index (χ4v) is 8.34. The van der Waals surface area contributed by atoms with Gasteiger partial charge in [0, 0.05) is 10.8 Å². The minimum absolute atomic E-state index is 0.0445. The number of hydrogen-bond donors (Lipinski definition) is 7. The summed E-state index contributed by atoms with van der Waals surface area (Å²) in [5.41, 5.74) is 2.07. The third-order valence-corrected chi connectivity index (χ3v) is 10.6. The number of aliphatic hydroxyl groups is 5. The topological polar surface area (TPSA) is 160 Å². The number of hydrogen-bond acceptors (Lipinski definition) is 8. The molecule has 9 atom stereocenters. The highest BCUT2D eigenvalue weighted by Crippen LogP contribution is 2.68. The molecule has 0 heterocycles. The summed E-state index contributed by atoms with van der Waals surface area (Å²) >= 11 is 0. The summed E-state index contributed by atoms with van der Waals surface area (Å²) in [5, 5.41) is 63.9. The van der Waals surface area contributed by atoms with Gasteiger partial charge in [0.25, 0.3) is 0 Å². The maximum atomic E-state index is 12.5. The van der Waals surface area contributed by atoms with Crippen LogP contribution in [0.4, 0.5) is 0 Å². The summed E-state index contributed by atoms with van der Waals surface area (Å²) in [7, 11) is 0. The van der Waals surface area contributed by atoms with Crippen LogP contribution in [0.25, 0.3) is 0 Å². The van der Waals surface area contributed by atoms with Gasteiger partial charge in [-0.3, -0.25) is 10.3 Å². The zero-order chi connectivity index (χ0) is 28.3. The van der Waals surface area contributed by atoms with Gasteiger partial charge in [-0.1, -0.05) is 20.8 Å². The van der Waals surface area contributed by atoms with Crippen molar-refractivity contribution in [2.24, 2.45) is 28.6 Å². The molecule has 216 valence electrons. The van der Waals surface area contributed by atoms with Crippen molar-refractivity contribution < 1.29 is 40.3 Å². The van der Waals surface area contributed by atoms with Gasteiger partial charge in [-0.25, -0.2) is 4.79 Å². The first kappa shape index (κ1) is 29.5. The molecule has 0 aromatic rings. The van der Waals surface area contributed by atoms with Crippen LogP contribution in [0.15, 0.2) is 22.9 Å². The Labute approximate surface area is 225 Å². The van der Waals surface area contributed by atoms with E-state index in [0.717, 1.165) is 30.4 Å². The molecule has 0 spiro atoms. The average Bonchev–Trinajstić information content (AvgIpc) is 3.09. The van der Waals surface area contributed by atoms with E-state index in [1.165, 1.54) is 0 Å². The Hall–Kier alpha value is -1.49. The monoisotopic (exact) mass is 537 g/mol. The van der Waals surface area contributed by atoms with Gasteiger partial charge >= 0.3 is 5.97 Å². The molecule has 9 heteroatoms. The summed E-state index contributed by atoms with van der Waals surface area (Å²) < 4.78 is 0. The lowest BCUT2D eigenvalue weighted by molar-refractivity contribution is -0.144. The quantitative estimate of drug-likeness (QED) is 0.219. The first-order chi connectivity index (χ1) is 17.5. The Bertz CT molecular complexity index is 988. The van der Waals surface area contributed by atoms with Gasteiger partial charge in [-0.05, 0) is 100 Å². The Balaban J connectivity index is 1.68. The number of hydroxylamine groups is 1. The van der Waals surface area contributed by atoms with Crippen molar-refractivity contribution in [3.63, 3.8) is 0 Å². The van der Waals surface area contributed by atoms with E-state index in [9.17, 15) is 30.3 Å². The number of carboxylic acid groups (broad SMARTS) is 1. The normalized spacial score (nSPS) is 40.5. The van der Waals surface area contributed by atoms with Crippen LogP contribution in [-0.4, -0.2) is 72.7 Å². The molecule has 1 unspecified atom stereocenters. The van der Waals surface area contributed by atoms with Crippen molar-refractivity contribution in [2.75, 3.05) is 6.61 Å². The standard InChI is InChI=1S/C29H47NO8/c1-16(22(31)8-9-26(2,3)36)17-7-11-29(37)19-12-21(30-38-15-25(34)35)20-13-23(32)24(33)14-27(20,4)18(19)6-10-28(17,29)5/h12,16-18,22-24,30-33,36-37H,6-11,13-15H2,1-5H3,(H,34,35)/t16-,17+,18-,22?,23+,24-,27+,28+,29+/m0/s1. The van der Waals surface area contributed by atoms with Gasteiger partial charge in [-0.15, -0.1) is 0 Å². The summed E-state index contributed by atoms with van der Waals surface area (Å²) in [5.74, 6) is -1.16. The molecular weight excluding hydrogens is 490 g/mol. The molecule has 4 aliphatic rings. The zero-order valence-electron chi connectivity index (χ0n) is 23.4. The molecule has 7 N–H and O–H groups in total. The molecule has 4 aliphatic carbocycles. The lowest BCUT2D eigenvalue weighted by Crippen LogP contribution is -2.58. The predicted molar refractivity (Wildman–Crippen MR) is 140 cm³/mol. The molecule has 0 amide bonds. The molecule has 0 saturated heterocycles. The van der Waals surface area contributed by atoms with E-state index < -0.39 is 52.9 Å². The van der Waals surface area contributed by atoms with Crippen molar-refractivity contribution >= 4 is 5.97 Å². The van der Waals surface area contributed by atoms with E-state index in [4.69, 9.17) is 9.94 Å². The molecule has 38 heavy (non-hydrogen) atoms. The number of carboxylic acids is 1. The SMILES string of the molecule is C[C@H](C(O)CCC(C)(C)O)[C@H]1CC[C@@]2(O)C3=CC(NOCC(=O)O)=C4C[C@@H](O)[C@@H](O)C[C@]4(C)[C@H]3CC[C@]12C. The van der Waals surface area contributed by atoms with Gasteiger partial charge in [0.1, 0.15) is 0 Å². The minimum atomic E-state index is -1.14. The second kappa shape index (κ2) is 10.2. The second-order valence-corrected chi connectivity index (χ2v) is 13.5. The van der Waals surface area contributed by atoms with Crippen molar-refractivity contribution in [2.45, 2.75) is 115 Å². The highest BCUT2D eigenvalue weighted by molar-refractivity contribution is 5.68. The Morgan fingerprint density at radius 3 is 2.53 bits per heavy atom. The van der Waals surface area contributed by atoms with E-state index in [1.807, 2.05) is 13.0 Å². The molecular formula is C29H47NO8. The van der Waals surface area contributed by atoms with E-state index >= 15 is 0 Å². The van der Waals surface area contributed by atoms with Crippen LogP contribution in [0.2, 0.25) is 0 Å². The molecule has 0 aromatic heterocycles. The van der Waals surface area contributed by atoms with Crippen LogP contribution >= 0.6 is 0 Å². The van der Waals surface area contributed by atoms with Gasteiger partial charge in [0.2, 0.25) is 0 Å². The van der Waals surface area contributed by atoms with Crippen molar-refractivity contribution in [1.82, 2.24) is 5.48 Å². The molecule has 3 fully saturated rings. The maximum absolute atomic E-state index is 12.5. The molecule has 0 aliphatic heterocycles. The number of aliphatic hydroxyl groups excluding tert-OH is 3. The van der Waals surface area contributed by atoms with Crippen LogP contribution < -0.4 is 5.48 Å². The van der Waals surface area contributed by atoms with E-state index in [1.54, 1.807) is 13.8 Å². The van der Waals surface area contributed by atoms with Gasteiger partial charge < -0.3 is 30.6 Å². The number of nitrogens with one attached hydrogen (secondary N) is 1. The summed E-state index contributed by atoms with van der Waals surface area (Å²) in [4.78, 5) is 16.3. The van der Waals surface area contributed by atoms with E-state index in [0.29, 0.717) is 31.4 Å². The van der Waals surface area contributed by atoms with Crippen LogP contribution in [0.3, 0.4) is 0 Å². The molecule has 0 aromatic carbocycles. The molecule has 3 saturated carbocycles. The van der Waals surface area contributed by atoms with Gasteiger partial charge in [0.15, 0.2) is 6.61 Å². The second-order valence-electron chi connectivity index (χ2n) is 13.5. The number of carbonyl (C=O) groups is 1. The highest BCUT2D eigenvalue weighted by atomic mass is 16.7. The summed E-state index contributed by atoms with van der Waals surface area (Å²) in [6.07, 6.45) is 3.87. The fraction of sp³-hybridized carbons (Fsp3) is 0.828. The first-order valence-electron chi connectivity index (χ1n) is 14.1. The third kappa shape index (κ3) is 4.95. The number of aliphatic carboxylic acids is 1. The van der Waals surface area contributed by atoms with Crippen LogP contribution in [0, 0.1) is 28.6 Å². The number of fused-ring (bicyclic) bond motifs is 5. The third-order valence-electron chi connectivity index (χ3n) is 10.6. The molecule has 9 nitrogen and oxygen atoms in total. The lowest BCUT2D eigenvalue weighted by atomic mass is 9.47. The Kier molecular flexibility index (Phi) is 7.89. The fourth-order valence-electron chi connectivity index (χ4n) is 8.34. The van der Waals surface area contributed by atoms with E-state index in [-0.39, 0.29) is 24.2 Å². The highest BCUT2D eigenvalue weighted by Gasteiger charge is 2.66. The van der Waals surface area contributed by atoms with Gasteiger partial charge in [0.05, 0.1) is 35.2 Å². The summed E-state index contributed by atoms with van der Waals surface area (Å²) in [6, 6.07) is 0. The van der Waals surface area contributed by atoms with Crippen LogP contribution in [-0.2, 0) is 9.63 Å². The van der Waals surface area contributed by atoms with Crippen LogP contribution in [0.1, 0.15) is 86.0 Å². The van der Waals surface area contributed by atoms with Crippen molar-refractivity contribution in [3.05, 3.63) is 22.9 Å². The Morgan fingerprint density at radius 2 is 1.89 bits per heavy atom. The van der Waals surface area contributed by atoms with Crippen molar-refractivity contribution in [3.8, 4) is 0 Å². The lowest BCUT2D eigenvalue weighted by Gasteiger charge is -2.59. The predicted octanol–water partition coefficient (Wildman–Crippen LogP) is 2.41. The van der Waals surface area contributed by atoms with Crippen molar-refractivity contribution in [1.29, 1.82) is 0 Å². The number of allylic oxidation sites excluding steroid dienone is 1. The molecule has 0 bridgehead atoms. The minimum Gasteiger partial charge on any atom is -0.479 e. The zero-order valence-corrected chi connectivity index (χ0v) is 23.4. The molecule has 4 rings (SSSR count). The smallest absolute Gasteiger partial charge is 0.332 e. The van der Waals surface area contributed by atoms with E-state index in [2.05, 4.69) is 19.3 Å². The largest absolute Gasteiger partial charge is 0.479 e. The first-order valence-corrected chi connectivity index (χ1v) is 14.1. The Morgan fingerprint density at radius 1 is 1.21 bits per heavy atom.